The maximum Gasteiger partial charge on any atom is 0.253 e. The molecule has 174 valence electrons. The first-order valence-corrected chi connectivity index (χ1v) is 10.7. The Morgan fingerprint density at radius 1 is 0.906 bits per heavy atom. The van der Waals surface area contributed by atoms with E-state index in [1.807, 2.05) is 47.4 Å². The smallest absolute Gasteiger partial charge is 0.253 e. The van der Waals surface area contributed by atoms with Crippen molar-refractivity contribution in [2.45, 2.75) is 32.4 Å². The van der Waals surface area contributed by atoms with Gasteiger partial charge < -0.3 is 25.0 Å². The SMILES string of the molecule is CN=C(NCc1ccc(C(=O)N2CCCCC2)cc1)NCc1ccc(OC)c(OC)c1.I. The number of nitrogens with zero attached hydrogens (tertiary/aromatic N) is 2. The van der Waals surface area contributed by atoms with Gasteiger partial charge in [0.2, 0.25) is 0 Å². The lowest BCUT2D eigenvalue weighted by Crippen LogP contribution is -2.36. The van der Waals surface area contributed by atoms with Crippen LogP contribution in [0.4, 0.5) is 0 Å². The van der Waals surface area contributed by atoms with E-state index in [1.54, 1.807) is 21.3 Å². The second-order valence-corrected chi connectivity index (χ2v) is 7.52. The molecule has 0 atom stereocenters. The van der Waals surface area contributed by atoms with Crippen LogP contribution >= 0.6 is 24.0 Å². The fourth-order valence-corrected chi connectivity index (χ4v) is 3.63. The van der Waals surface area contributed by atoms with Crippen molar-refractivity contribution in [3.8, 4) is 11.5 Å². The van der Waals surface area contributed by atoms with E-state index >= 15 is 0 Å². The average molecular weight is 552 g/mol. The van der Waals surface area contributed by atoms with Crippen molar-refractivity contribution in [1.82, 2.24) is 15.5 Å². The van der Waals surface area contributed by atoms with Crippen LogP contribution in [0.2, 0.25) is 0 Å². The molecule has 0 aliphatic carbocycles. The highest BCUT2D eigenvalue weighted by atomic mass is 127. The van der Waals surface area contributed by atoms with Gasteiger partial charge in [0.1, 0.15) is 0 Å². The van der Waals surface area contributed by atoms with Crippen molar-refractivity contribution in [3.63, 3.8) is 0 Å². The predicted molar refractivity (Wildman–Crippen MR) is 138 cm³/mol. The summed E-state index contributed by atoms with van der Waals surface area (Å²) >= 11 is 0. The molecule has 7 nitrogen and oxygen atoms in total. The fraction of sp³-hybridized carbons (Fsp3) is 0.417. The van der Waals surface area contributed by atoms with Crippen molar-refractivity contribution in [2.75, 3.05) is 34.4 Å². The monoisotopic (exact) mass is 552 g/mol. The first-order chi connectivity index (χ1) is 15.1. The number of carbonyl (C=O) groups is 1. The van der Waals surface area contributed by atoms with Gasteiger partial charge in [-0.3, -0.25) is 9.79 Å². The number of amides is 1. The molecule has 0 bridgehead atoms. The van der Waals surface area contributed by atoms with E-state index in [0.717, 1.165) is 42.6 Å². The van der Waals surface area contributed by atoms with E-state index in [1.165, 1.54) is 6.42 Å². The number of carbonyl (C=O) groups excluding carboxylic acids is 1. The van der Waals surface area contributed by atoms with E-state index in [9.17, 15) is 4.79 Å². The molecule has 32 heavy (non-hydrogen) atoms. The first kappa shape index (κ1) is 25.8. The molecule has 1 fully saturated rings. The van der Waals surface area contributed by atoms with Crippen LogP contribution in [0.5, 0.6) is 11.5 Å². The second kappa shape index (κ2) is 13.1. The minimum absolute atomic E-state index is 0. The molecule has 0 spiro atoms. The lowest BCUT2D eigenvalue weighted by atomic mass is 10.1. The molecular weight excluding hydrogens is 519 g/mol. The van der Waals surface area contributed by atoms with Crippen molar-refractivity contribution in [1.29, 1.82) is 0 Å². The van der Waals surface area contributed by atoms with Gasteiger partial charge in [0.15, 0.2) is 17.5 Å². The average Bonchev–Trinajstić information content (AvgIpc) is 2.84. The number of methoxy groups -OCH3 is 2. The molecule has 2 aromatic carbocycles. The van der Waals surface area contributed by atoms with Gasteiger partial charge in [0.05, 0.1) is 14.2 Å². The lowest BCUT2D eigenvalue weighted by Gasteiger charge is -2.26. The number of piperidine rings is 1. The maximum atomic E-state index is 12.6. The second-order valence-electron chi connectivity index (χ2n) is 7.52. The largest absolute Gasteiger partial charge is 0.493 e. The predicted octanol–water partition coefficient (Wildman–Crippen LogP) is 3.81. The van der Waals surface area contributed by atoms with E-state index < -0.39 is 0 Å². The quantitative estimate of drug-likeness (QED) is 0.311. The van der Waals surface area contributed by atoms with Crippen LogP contribution in [-0.2, 0) is 13.1 Å². The number of guanidine groups is 1. The number of aliphatic imine (C=N–C) groups is 1. The Hall–Kier alpha value is -2.49. The van der Waals surface area contributed by atoms with Crippen molar-refractivity contribution < 1.29 is 14.3 Å². The Balaban J connectivity index is 0.00000363. The highest BCUT2D eigenvalue weighted by Crippen LogP contribution is 2.27. The standard InChI is InChI=1S/C24H32N4O3.HI/c1-25-24(27-17-19-9-12-21(30-2)22(15-19)31-3)26-16-18-7-10-20(11-8-18)23(29)28-13-5-4-6-14-28;/h7-12,15H,4-6,13-14,16-17H2,1-3H3,(H2,25,26,27);1H. The molecule has 2 N–H and O–H groups in total. The third-order valence-electron chi connectivity index (χ3n) is 5.44. The molecule has 0 radical (unpaired) electrons. The van der Waals surface area contributed by atoms with Crippen LogP contribution in [0.3, 0.4) is 0 Å². The summed E-state index contributed by atoms with van der Waals surface area (Å²) < 4.78 is 10.6. The molecule has 1 saturated heterocycles. The van der Waals surface area contributed by atoms with Crippen molar-refractivity contribution in [2.24, 2.45) is 4.99 Å². The molecule has 2 aromatic rings. The zero-order valence-corrected chi connectivity index (χ0v) is 21.3. The number of nitrogens with one attached hydrogen (secondary N) is 2. The molecular formula is C24H33IN4O3. The third kappa shape index (κ3) is 7.01. The Morgan fingerprint density at radius 2 is 1.50 bits per heavy atom. The highest BCUT2D eigenvalue weighted by Gasteiger charge is 2.17. The molecule has 1 heterocycles. The summed E-state index contributed by atoms with van der Waals surface area (Å²) in [7, 11) is 4.99. The molecule has 1 amide bonds. The summed E-state index contributed by atoms with van der Waals surface area (Å²) in [6, 6.07) is 13.6. The van der Waals surface area contributed by atoms with Gasteiger partial charge in [-0.15, -0.1) is 24.0 Å². The van der Waals surface area contributed by atoms with Crippen LogP contribution in [0.25, 0.3) is 0 Å². The number of likely N-dealkylation sites (tertiary alicyclic amines) is 1. The molecule has 0 unspecified atom stereocenters. The minimum Gasteiger partial charge on any atom is -0.493 e. The number of hydrogen-bond acceptors (Lipinski definition) is 4. The lowest BCUT2D eigenvalue weighted by molar-refractivity contribution is 0.0724. The number of halogens is 1. The van der Waals surface area contributed by atoms with Gasteiger partial charge in [-0.25, -0.2) is 0 Å². The molecule has 0 aromatic heterocycles. The van der Waals surface area contributed by atoms with E-state index in [4.69, 9.17) is 9.47 Å². The fourth-order valence-electron chi connectivity index (χ4n) is 3.63. The van der Waals surface area contributed by atoms with E-state index in [-0.39, 0.29) is 29.9 Å². The molecule has 0 saturated carbocycles. The summed E-state index contributed by atoms with van der Waals surface area (Å²) in [6.07, 6.45) is 3.42. The van der Waals surface area contributed by atoms with Gasteiger partial charge >= 0.3 is 0 Å². The van der Waals surface area contributed by atoms with Gasteiger partial charge in [0.25, 0.3) is 5.91 Å². The minimum atomic E-state index is 0. The molecule has 3 rings (SSSR count). The van der Waals surface area contributed by atoms with Gasteiger partial charge in [0, 0.05) is 38.8 Å². The summed E-state index contributed by atoms with van der Waals surface area (Å²) in [4.78, 5) is 18.8. The summed E-state index contributed by atoms with van der Waals surface area (Å²) in [5, 5.41) is 6.61. The van der Waals surface area contributed by atoms with E-state index in [2.05, 4.69) is 15.6 Å². The Labute approximate surface area is 207 Å². The van der Waals surface area contributed by atoms with Crippen molar-refractivity contribution in [3.05, 3.63) is 59.2 Å². The van der Waals surface area contributed by atoms with Crippen molar-refractivity contribution >= 4 is 35.8 Å². The van der Waals surface area contributed by atoms with Crippen LogP contribution in [-0.4, -0.2) is 51.1 Å². The summed E-state index contributed by atoms with van der Waals surface area (Å²) in [6.45, 7) is 2.95. The van der Waals surface area contributed by atoms with Gasteiger partial charge in [-0.2, -0.15) is 0 Å². The zero-order valence-electron chi connectivity index (χ0n) is 19.0. The number of benzene rings is 2. The first-order valence-electron chi connectivity index (χ1n) is 10.7. The number of rotatable bonds is 7. The van der Waals surface area contributed by atoms with Crippen LogP contribution < -0.4 is 20.1 Å². The van der Waals surface area contributed by atoms with E-state index in [0.29, 0.717) is 30.5 Å². The summed E-state index contributed by atoms with van der Waals surface area (Å²) in [5.74, 6) is 2.23. The van der Waals surface area contributed by atoms with Gasteiger partial charge in [-0.1, -0.05) is 18.2 Å². The topological polar surface area (TPSA) is 75.2 Å². The normalized spacial score (nSPS) is 13.7. The Bertz CT molecular complexity index is 897. The molecule has 8 heteroatoms. The number of ether oxygens (including phenoxy) is 2. The van der Waals surface area contributed by atoms with Crippen LogP contribution in [0.1, 0.15) is 40.7 Å². The zero-order chi connectivity index (χ0) is 22.1. The Kier molecular flexibility index (Phi) is 10.6. The number of hydrogen-bond donors (Lipinski definition) is 2. The molecule has 1 aliphatic rings. The Morgan fingerprint density at radius 3 is 2.09 bits per heavy atom. The maximum absolute atomic E-state index is 12.6. The third-order valence-corrected chi connectivity index (χ3v) is 5.44. The van der Waals surface area contributed by atoms with Crippen LogP contribution in [0.15, 0.2) is 47.5 Å². The highest BCUT2D eigenvalue weighted by molar-refractivity contribution is 14.0. The molecule has 1 aliphatic heterocycles. The van der Waals surface area contributed by atoms with Crippen LogP contribution in [0, 0.1) is 0 Å². The summed E-state index contributed by atoms with van der Waals surface area (Å²) in [5.41, 5.74) is 2.90. The van der Waals surface area contributed by atoms with Gasteiger partial charge in [-0.05, 0) is 54.7 Å².